The first-order valence-corrected chi connectivity index (χ1v) is 6.34. The van der Waals surface area contributed by atoms with Crippen molar-refractivity contribution < 1.29 is 13.9 Å². The molecule has 0 aliphatic carbocycles. The smallest absolute Gasteiger partial charge is 0.227 e. The van der Waals surface area contributed by atoms with Gasteiger partial charge in [-0.3, -0.25) is 0 Å². The van der Waals surface area contributed by atoms with E-state index in [0.717, 1.165) is 0 Å². The number of thioether (sulfide) groups is 1. The third-order valence-corrected chi connectivity index (χ3v) is 2.63. The fraction of sp³-hybridized carbons (Fsp3) is 0.167. The van der Waals surface area contributed by atoms with Crippen molar-refractivity contribution in [3.63, 3.8) is 0 Å². The van der Waals surface area contributed by atoms with Crippen LogP contribution in [0, 0.1) is 5.82 Å². The molecule has 1 aromatic carbocycles. The number of hydrogen-bond acceptors (Lipinski definition) is 5. The summed E-state index contributed by atoms with van der Waals surface area (Å²) in [7, 11) is 1.52. The van der Waals surface area contributed by atoms with Crippen LogP contribution in [0.4, 0.5) is 4.39 Å². The number of nitrogens with zero attached hydrogens (tertiary/aromatic N) is 2. The Labute approximate surface area is 108 Å². The van der Waals surface area contributed by atoms with Crippen molar-refractivity contribution in [3.05, 3.63) is 36.1 Å². The predicted octanol–water partition coefficient (Wildman–Crippen LogP) is 3.14. The number of benzene rings is 1. The van der Waals surface area contributed by atoms with Gasteiger partial charge in [0.2, 0.25) is 11.8 Å². The highest BCUT2D eigenvalue weighted by Crippen LogP contribution is 2.24. The average molecular weight is 266 g/mol. The maximum atomic E-state index is 12.8. The monoisotopic (exact) mass is 266 g/mol. The Hall–Kier alpha value is -1.82. The molecule has 0 aliphatic rings. The highest BCUT2D eigenvalue weighted by Gasteiger charge is 2.06. The largest absolute Gasteiger partial charge is 0.481 e. The first-order valence-electron chi connectivity index (χ1n) is 5.12. The highest BCUT2D eigenvalue weighted by atomic mass is 32.2. The van der Waals surface area contributed by atoms with Crippen LogP contribution in [0.1, 0.15) is 0 Å². The van der Waals surface area contributed by atoms with Gasteiger partial charge in [-0.25, -0.2) is 4.39 Å². The molecule has 1 heterocycles. The minimum absolute atomic E-state index is 0.313. The first-order chi connectivity index (χ1) is 8.71. The fourth-order valence-electron chi connectivity index (χ4n) is 1.26. The van der Waals surface area contributed by atoms with E-state index < -0.39 is 0 Å². The minimum Gasteiger partial charge on any atom is -0.481 e. The maximum Gasteiger partial charge on any atom is 0.227 e. The molecule has 0 radical (unpaired) electrons. The summed E-state index contributed by atoms with van der Waals surface area (Å²) in [5.41, 5.74) is 0. The minimum atomic E-state index is -0.313. The summed E-state index contributed by atoms with van der Waals surface area (Å²) in [6.07, 6.45) is 1.86. The molecule has 18 heavy (non-hydrogen) atoms. The number of hydrogen-bond donors (Lipinski definition) is 0. The molecule has 0 bridgehead atoms. The lowest BCUT2D eigenvalue weighted by Gasteiger charge is -2.07. The van der Waals surface area contributed by atoms with Crippen molar-refractivity contribution in [2.45, 2.75) is 5.16 Å². The Balaban J connectivity index is 2.25. The summed E-state index contributed by atoms with van der Waals surface area (Å²) < 4.78 is 23.3. The van der Waals surface area contributed by atoms with E-state index in [0.29, 0.717) is 22.7 Å². The molecule has 0 N–H and O–H groups in total. The van der Waals surface area contributed by atoms with Crippen LogP contribution >= 0.6 is 11.8 Å². The molecule has 1 aromatic heterocycles. The van der Waals surface area contributed by atoms with E-state index >= 15 is 0 Å². The van der Waals surface area contributed by atoms with Gasteiger partial charge >= 0.3 is 0 Å². The van der Waals surface area contributed by atoms with Crippen molar-refractivity contribution in [1.29, 1.82) is 0 Å². The zero-order valence-electron chi connectivity index (χ0n) is 9.88. The van der Waals surface area contributed by atoms with Gasteiger partial charge in [-0.2, -0.15) is 9.97 Å². The lowest BCUT2D eigenvalue weighted by atomic mass is 10.3. The molecule has 2 rings (SSSR count). The van der Waals surface area contributed by atoms with Gasteiger partial charge < -0.3 is 9.47 Å². The van der Waals surface area contributed by atoms with Crippen molar-refractivity contribution >= 4 is 11.8 Å². The molecule has 0 aliphatic heterocycles. The number of aromatic nitrogens is 2. The standard InChI is InChI=1S/C12H11FN2O2S/c1-16-10-7-11(15-12(14-10)18-2)17-9-5-3-8(13)4-6-9/h3-7H,1-2H3. The van der Waals surface area contributed by atoms with E-state index in [4.69, 9.17) is 9.47 Å². The van der Waals surface area contributed by atoms with Gasteiger partial charge in [0, 0.05) is 0 Å². The molecule has 0 amide bonds. The molecule has 0 unspecified atom stereocenters. The predicted molar refractivity (Wildman–Crippen MR) is 66.8 cm³/mol. The van der Waals surface area contributed by atoms with Crippen LogP contribution in [0.25, 0.3) is 0 Å². The van der Waals surface area contributed by atoms with Crippen LogP contribution in [0.15, 0.2) is 35.5 Å². The van der Waals surface area contributed by atoms with E-state index in [1.807, 2.05) is 6.26 Å². The molecular weight excluding hydrogens is 255 g/mol. The van der Waals surface area contributed by atoms with Gasteiger partial charge in [0.15, 0.2) is 5.16 Å². The Kier molecular flexibility index (Phi) is 3.99. The van der Waals surface area contributed by atoms with Gasteiger partial charge in [0.25, 0.3) is 0 Å². The van der Waals surface area contributed by atoms with Crippen molar-refractivity contribution in [2.24, 2.45) is 0 Å². The molecule has 0 spiro atoms. The lowest BCUT2D eigenvalue weighted by Crippen LogP contribution is -1.95. The van der Waals surface area contributed by atoms with E-state index in [1.54, 1.807) is 6.07 Å². The Morgan fingerprint density at radius 2 is 1.78 bits per heavy atom. The Bertz CT molecular complexity index is 512. The maximum absolute atomic E-state index is 12.8. The number of methoxy groups -OCH3 is 1. The molecule has 94 valence electrons. The van der Waals surface area contributed by atoms with E-state index in [-0.39, 0.29) is 5.82 Å². The van der Waals surface area contributed by atoms with Crippen LogP contribution in [0.3, 0.4) is 0 Å². The quantitative estimate of drug-likeness (QED) is 0.628. The highest BCUT2D eigenvalue weighted by molar-refractivity contribution is 7.98. The summed E-state index contributed by atoms with van der Waals surface area (Å²) in [6.45, 7) is 0. The SMILES string of the molecule is COc1cc(Oc2ccc(F)cc2)nc(SC)n1. The summed E-state index contributed by atoms with van der Waals surface area (Å²) in [6, 6.07) is 7.28. The average Bonchev–Trinajstić information content (AvgIpc) is 2.41. The molecular formula is C12H11FN2O2S. The molecule has 6 heteroatoms. The molecule has 2 aromatic rings. The first kappa shape index (κ1) is 12.6. The Morgan fingerprint density at radius 1 is 1.11 bits per heavy atom. The topological polar surface area (TPSA) is 44.2 Å². The van der Waals surface area contributed by atoms with E-state index in [2.05, 4.69) is 9.97 Å². The number of ether oxygens (including phenoxy) is 2. The fourth-order valence-corrected chi connectivity index (χ4v) is 1.62. The summed E-state index contributed by atoms with van der Waals surface area (Å²) in [4.78, 5) is 8.29. The zero-order valence-corrected chi connectivity index (χ0v) is 10.7. The second kappa shape index (κ2) is 5.68. The van der Waals surface area contributed by atoms with Crippen molar-refractivity contribution in [2.75, 3.05) is 13.4 Å². The van der Waals surface area contributed by atoms with Gasteiger partial charge in [0.05, 0.1) is 13.2 Å². The van der Waals surface area contributed by atoms with Gasteiger partial charge in [-0.1, -0.05) is 11.8 Å². The molecule has 4 nitrogen and oxygen atoms in total. The third kappa shape index (κ3) is 3.10. The van der Waals surface area contributed by atoms with Gasteiger partial charge in [0.1, 0.15) is 11.6 Å². The Morgan fingerprint density at radius 3 is 2.39 bits per heavy atom. The van der Waals surface area contributed by atoms with E-state index in [9.17, 15) is 4.39 Å². The zero-order chi connectivity index (χ0) is 13.0. The summed E-state index contributed by atoms with van der Waals surface area (Å²) >= 11 is 1.38. The van der Waals surface area contributed by atoms with Crippen molar-refractivity contribution in [1.82, 2.24) is 9.97 Å². The number of halogens is 1. The van der Waals surface area contributed by atoms with E-state index in [1.165, 1.54) is 43.1 Å². The second-order valence-corrected chi connectivity index (χ2v) is 4.06. The van der Waals surface area contributed by atoms with Crippen molar-refractivity contribution in [3.8, 4) is 17.5 Å². The third-order valence-electron chi connectivity index (χ3n) is 2.09. The van der Waals surface area contributed by atoms with Crippen LogP contribution in [0.2, 0.25) is 0 Å². The van der Waals surface area contributed by atoms with Gasteiger partial charge in [-0.05, 0) is 30.5 Å². The second-order valence-electron chi connectivity index (χ2n) is 3.29. The number of rotatable bonds is 4. The molecule has 0 atom stereocenters. The summed E-state index contributed by atoms with van der Waals surface area (Å²) in [5, 5.41) is 0.548. The van der Waals surface area contributed by atoms with Crippen LogP contribution in [0.5, 0.6) is 17.5 Å². The van der Waals surface area contributed by atoms with Crippen LogP contribution < -0.4 is 9.47 Å². The van der Waals surface area contributed by atoms with Crippen LogP contribution in [-0.2, 0) is 0 Å². The molecule has 0 fully saturated rings. The molecule has 0 saturated heterocycles. The molecule has 0 saturated carbocycles. The summed E-state index contributed by atoms with van der Waals surface area (Å²) in [5.74, 6) is 0.973. The van der Waals surface area contributed by atoms with Crippen LogP contribution in [-0.4, -0.2) is 23.3 Å². The lowest BCUT2D eigenvalue weighted by molar-refractivity contribution is 0.381. The normalized spacial score (nSPS) is 10.2. The van der Waals surface area contributed by atoms with Gasteiger partial charge in [-0.15, -0.1) is 0 Å².